The molecule has 0 atom stereocenters. The Balaban J connectivity index is 2.39. The number of benzene rings is 2. The number of aryl methyl sites for hydroxylation is 2. The number of carbonyl (C=O) groups is 1. The van der Waals surface area contributed by atoms with Crippen molar-refractivity contribution in [1.82, 2.24) is 0 Å². The quantitative estimate of drug-likeness (QED) is 0.571. The second-order valence-corrected chi connectivity index (χ2v) is 8.53. The fourth-order valence-electron chi connectivity index (χ4n) is 3.85. The molecule has 0 saturated carbocycles. The first-order chi connectivity index (χ1) is 14.0. The molecule has 0 amide bonds. The number of ether oxygens (including phenoxy) is 2. The number of hydrogen-bond donors (Lipinski definition) is 2. The number of hydrogen-bond acceptors (Lipinski definition) is 4. The third kappa shape index (κ3) is 5.54. The summed E-state index contributed by atoms with van der Waals surface area (Å²) in [4.78, 5) is 10.8. The van der Waals surface area contributed by atoms with Gasteiger partial charge >= 0.3 is 5.97 Å². The molecule has 5 heteroatoms. The minimum absolute atomic E-state index is 0.171. The number of rotatable bonds is 10. The van der Waals surface area contributed by atoms with E-state index < -0.39 is 11.6 Å². The molecule has 0 unspecified atom stereocenters. The van der Waals surface area contributed by atoms with Crippen molar-refractivity contribution in [3.63, 3.8) is 0 Å². The van der Waals surface area contributed by atoms with E-state index in [1.807, 2.05) is 32.0 Å². The number of carboxylic acid groups (broad SMARTS) is 1. The molecule has 0 aliphatic rings. The Morgan fingerprint density at radius 1 is 0.900 bits per heavy atom. The summed E-state index contributed by atoms with van der Waals surface area (Å²) in [5.41, 5.74) is 3.28. The topological polar surface area (TPSA) is 76.0 Å². The van der Waals surface area contributed by atoms with Gasteiger partial charge in [0.05, 0.1) is 5.60 Å². The minimum atomic E-state index is -0.989. The summed E-state index contributed by atoms with van der Waals surface area (Å²) in [7, 11) is 0. The van der Waals surface area contributed by atoms with E-state index in [0.717, 1.165) is 29.7 Å². The molecule has 164 valence electrons. The highest BCUT2D eigenvalue weighted by molar-refractivity contribution is 5.68. The van der Waals surface area contributed by atoms with Crippen LogP contribution < -0.4 is 9.47 Å². The largest absolute Gasteiger partial charge is 0.490 e. The Kier molecular flexibility index (Phi) is 7.54. The molecule has 0 fully saturated rings. The Bertz CT molecular complexity index is 876. The zero-order chi connectivity index (χ0) is 22.5. The van der Waals surface area contributed by atoms with Crippen molar-refractivity contribution in [2.75, 3.05) is 13.2 Å². The molecule has 2 rings (SSSR count). The molecule has 2 aromatic carbocycles. The van der Waals surface area contributed by atoms with Gasteiger partial charge in [-0.25, -0.2) is 4.79 Å². The van der Waals surface area contributed by atoms with Crippen molar-refractivity contribution in [1.29, 1.82) is 0 Å². The van der Waals surface area contributed by atoms with E-state index in [4.69, 9.17) is 14.6 Å². The van der Waals surface area contributed by atoms with E-state index in [2.05, 4.69) is 32.0 Å². The molecule has 0 aliphatic heterocycles. The second kappa shape index (κ2) is 9.52. The molecule has 30 heavy (non-hydrogen) atoms. The Morgan fingerprint density at radius 2 is 1.37 bits per heavy atom. The van der Waals surface area contributed by atoms with Crippen LogP contribution in [0.4, 0.5) is 0 Å². The number of aliphatic hydroxyl groups is 1. The van der Waals surface area contributed by atoms with Gasteiger partial charge in [-0.1, -0.05) is 38.1 Å². The lowest BCUT2D eigenvalue weighted by Gasteiger charge is -2.34. The van der Waals surface area contributed by atoms with Crippen LogP contribution in [0.3, 0.4) is 0 Å². The first-order valence-corrected chi connectivity index (χ1v) is 10.4. The van der Waals surface area contributed by atoms with Crippen LogP contribution in [0.5, 0.6) is 11.5 Å². The molecule has 2 aromatic rings. The average Bonchev–Trinajstić information content (AvgIpc) is 2.67. The number of carboxylic acids is 1. The molecule has 0 aliphatic carbocycles. The minimum Gasteiger partial charge on any atom is -0.490 e. The van der Waals surface area contributed by atoms with E-state index in [-0.39, 0.29) is 18.6 Å². The molecular weight excluding hydrogens is 380 g/mol. The predicted molar refractivity (Wildman–Crippen MR) is 119 cm³/mol. The second-order valence-electron chi connectivity index (χ2n) is 8.53. The molecule has 0 radical (unpaired) electrons. The van der Waals surface area contributed by atoms with E-state index in [0.29, 0.717) is 5.75 Å². The first-order valence-electron chi connectivity index (χ1n) is 10.4. The van der Waals surface area contributed by atoms with Crippen LogP contribution in [0.1, 0.15) is 62.8 Å². The van der Waals surface area contributed by atoms with Crippen LogP contribution in [0, 0.1) is 13.8 Å². The molecule has 2 N–H and O–H groups in total. The lowest BCUT2D eigenvalue weighted by Crippen LogP contribution is -2.28. The lowest BCUT2D eigenvalue weighted by molar-refractivity contribution is -0.139. The monoisotopic (exact) mass is 414 g/mol. The molecule has 0 saturated heterocycles. The third-order valence-electron chi connectivity index (χ3n) is 5.59. The number of aliphatic carboxylic acids is 1. The normalized spacial score (nSPS) is 12.0. The molecule has 0 spiro atoms. The van der Waals surface area contributed by atoms with Crippen LogP contribution in [-0.4, -0.2) is 35.0 Å². The maximum absolute atomic E-state index is 10.8. The Hall–Kier alpha value is -2.53. The maximum atomic E-state index is 10.8. The smallest absolute Gasteiger partial charge is 0.341 e. The fourth-order valence-corrected chi connectivity index (χ4v) is 3.85. The standard InChI is InChI=1S/C25H34O5/c1-7-25(8-2,19-9-11-21(17(3)13-19)29-15-23(26)27)20-10-12-22(18(4)14-20)30-16-24(5,6)28/h9-14,28H,7-8,15-16H2,1-6H3,(H,26,27). The van der Waals surface area contributed by atoms with Gasteiger partial charge in [-0.3, -0.25) is 0 Å². The molecule has 0 aromatic heterocycles. The molecular formula is C25H34O5. The van der Waals surface area contributed by atoms with Gasteiger partial charge in [-0.05, 0) is 74.9 Å². The fraction of sp³-hybridized carbons (Fsp3) is 0.480. The van der Waals surface area contributed by atoms with Gasteiger partial charge in [0.15, 0.2) is 6.61 Å². The van der Waals surface area contributed by atoms with Crippen molar-refractivity contribution in [2.45, 2.75) is 65.4 Å². The molecule has 5 nitrogen and oxygen atoms in total. The van der Waals surface area contributed by atoms with Gasteiger partial charge in [0, 0.05) is 5.41 Å². The molecule has 0 bridgehead atoms. The van der Waals surface area contributed by atoms with Crippen LogP contribution in [0.15, 0.2) is 36.4 Å². The highest BCUT2D eigenvalue weighted by Crippen LogP contribution is 2.41. The maximum Gasteiger partial charge on any atom is 0.341 e. The summed E-state index contributed by atoms with van der Waals surface area (Å²) in [6, 6.07) is 12.2. The van der Waals surface area contributed by atoms with Crippen LogP contribution >= 0.6 is 0 Å². The highest BCUT2D eigenvalue weighted by Gasteiger charge is 2.31. The van der Waals surface area contributed by atoms with Crippen LogP contribution in [0.25, 0.3) is 0 Å². The van der Waals surface area contributed by atoms with Crippen molar-refractivity contribution >= 4 is 5.97 Å². The van der Waals surface area contributed by atoms with Gasteiger partial charge < -0.3 is 19.7 Å². The van der Waals surface area contributed by atoms with Crippen LogP contribution in [-0.2, 0) is 10.2 Å². The first kappa shape index (κ1) is 23.7. The Labute approximate surface area is 179 Å². The van der Waals surface area contributed by atoms with E-state index >= 15 is 0 Å². The summed E-state index contributed by atoms with van der Waals surface area (Å²) in [5, 5.41) is 18.8. The predicted octanol–water partition coefficient (Wildman–Crippen LogP) is 5.02. The zero-order valence-corrected chi connectivity index (χ0v) is 18.9. The average molecular weight is 415 g/mol. The van der Waals surface area contributed by atoms with E-state index in [9.17, 15) is 9.90 Å². The Morgan fingerprint density at radius 3 is 1.73 bits per heavy atom. The highest BCUT2D eigenvalue weighted by atomic mass is 16.5. The van der Waals surface area contributed by atoms with Gasteiger partial charge in [0.2, 0.25) is 0 Å². The van der Waals surface area contributed by atoms with Gasteiger partial charge in [-0.2, -0.15) is 0 Å². The summed E-state index contributed by atoms with van der Waals surface area (Å²) in [6.45, 7) is 11.7. The van der Waals surface area contributed by atoms with Crippen molar-refractivity contribution in [3.05, 3.63) is 58.7 Å². The van der Waals surface area contributed by atoms with Gasteiger partial charge in [-0.15, -0.1) is 0 Å². The summed E-state index contributed by atoms with van der Waals surface area (Å²) >= 11 is 0. The third-order valence-corrected chi connectivity index (χ3v) is 5.59. The van der Waals surface area contributed by atoms with Crippen molar-refractivity contribution < 1.29 is 24.5 Å². The van der Waals surface area contributed by atoms with E-state index in [1.54, 1.807) is 13.8 Å². The van der Waals surface area contributed by atoms with Gasteiger partial charge in [0.25, 0.3) is 0 Å². The summed E-state index contributed by atoms with van der Waals surface area (Å²) < 4.78 is 11.2. The van der Waals surface area contributed by atoms with Crippen LogP contribution in [0.2, 0.25) is 0 Å². The van der Waals surface area contributed by atoms with Crippen molar-refractivity contribution in [2.24, 2.45) is 0 Å². The molecule has 0 heterocycles. The summed E-state index contributed by atoms with van der Waals surface area (Å²) in [6.07, 6.45) is 1.84. The van der Waals surface area contributed by atoms with Crippen molar-refractivity contribution in [3.8, 4) is 11.5 Å². The summed E-state index contributed by atoms with van der Waals surface area (Å²) in [5.74, 6) is 0.377. The van der Waals surface area contributed by atoms with E-state index in [1.165, 1.54) is 11.1 Å². The lowest BCUT2D eigenvalue weighted by atomic mass is 9.70. The zero-order valence-electron chi connectivity index (χ0n) is 18.9. The van der Waals surface area contributed by atoms with Gasteiger partial charge in [0.1, 0.15) is 18.1 Å². The SMILES string of the molecule is CCC(CC)(c1ccc(OCC(=O)O)c(C)c1)c1ccc(OCC(C)(C)O)c(C)c1.